The first-order valence-corrected chi connectivity index (χ1v) is 9.39. The molecule has 11 heteroatoms. The van der Waals surface area contributed by atoms with Crippen LogP contribution in [-0.4, -0.2) is 48.2 Å². The smallest absolute Gasteiger partial charge is 0.263 e. The first-order valence-electron chi connectivity index (χ1n) is 9.01. The lowest BCUT2D eigenvalue weighted by Gasteiger charge is -2.20. The van der Waals surface area contributed by atoms with Crippen LogP contribution in [0.3, 0.4) is 0 Å². The summed E-state index contributed by atoms with van der Waals surface area (Å²) in [5.74, 6) is -0.271. The van der Waals surface area contributed by atoms with E-state index in [-0.39, 0.29) is 13.3 Å². The topological polar surface area (TPSA) is 113 Å². The van der Waals surface area contributed by atoms with Gasteiger partial charge in [-0.15, -0.1) is 0 Å². The zero-order chi connectivity index (χ0) is 20.8. The molecule has 1 N–H and O–H groups in total. The van der Waals surface area contributed by atoms with Crippen molar-refractivity contribution in [2.24, 2.45) is 10.3 Å². The van der Waals surface area contributed by atoms with Crippen molar-refractivity contribution in [1.29, 1.82) is 0 Å². The van der Waals surface area contributed by atoms with Crippen LogP contribution in [0.4, 0.5) is 11.4 Å². The van der Waals surface area contributed by atoms with Crippen molar-refractivity contribution in [2.75, 3.05) is 23.6 Å². The quantitative estimate of drug-likeness (QED) is 0.747. The Morgan fingerprint density at radius 3 is 2.67 bits per heavy atom. The number of imide groups is 1. The lowest BCUT2D eigenvalue weighted by Crippen LogP contribution is -2.43. The van der Waals surface area contributed by atoms with Gasteiger partial charge in [-0.3, -0.25) is 19.4 Å². The number of fused-ring (bicyclic) bond motifs is 2. The molecule has 2 atom stereocenters. The van der Waals surface area contributed by atoms with Gasteiger partial charge in [-0.05, 0) is 36.4 Å². The Hall–Kier alpha value is -3.66. The molecule has 3 heterocycles. The van der Waals surface area contributed by atoms with Crippen molar-refractivity contribution in [3.63, 3.8) is 0 Å². The minimum atomic E-state index is -0.980. The normalized spacial score (nSPS) is 21.4. The first kappa shape index (κ1) is 18.4. The molecule has 0 spiro atoms. The number of nitrogens with one attached hydrogen (secondary N) is 1. The van der Waals surface area contributed by atoms with Gasteiger partial charge in [0, 0.05) is 16.8 Å². The third-order valence-electron chi connectivity index (χ3n) is 4.90. The molecule has 3 amide bonds. The van der Waals surface area contributed by atoms with E-state index in [1.54, 1.807) is 42.5 Å². The molecule has 5 rings (SSSR count). The van der Waals surface area contributed by atoms with Crippen LogP contribution in [0.2, 0.25) is 5.02 Å². The van der Waals surface area contributed by atoms with Crippen molar-refractivity contribution < 1.29 is 23.9 Å². The Morgan fingerprint density at radius 1 is 1.10 bits per heavy atom. The highest BCUT2D eigenvalue weighted by molar-refractivity contribution is 6.31. The summed E-state index contributed by atoms with van der Waals surface area (Å²) in [7, 11) is 0. The van der Waals surface area contributed by atoms with Crippen LogP contribution in [0.15, 0.2) is 52.8 Å². The molecule has 2 aromatic rings. The largest absolute Gasteiger partial charge is 0.454 e. The third kappa shape index (κ3) is 3.01. The molecule has 1 saturated heterocycles. The molecular formula is C19H14ClN5O5. The van der Waals surface area contributed by atoms with E-state index in [1.165, 1.54) is 5.01 Å². The van der Waals surface area contributed by atoms with Gasteiger partial charge in [-0.1, -0.05) is 16.8 Å². The van der Waals surface area contributed by atoms with Crippen LogP contribution < -0.4 is 19.7 Å². The molecule has 2 unspecified atom stereocenters. The number of rotatable bonds is 4. The maximum Gasteiger partial charge on any atom is 0.263 e. The summed E-state index contributed by atoms with van der Waals surface area (Å²) in [6, 6.07) is 9.38. The van der Waals surface area contributed by atoms with Crippen LogP contribution in [-0.2, 0) is 14.4 Å². The van der Waals surface area contributed by atoms with Gasteiger partial charge in [-0.2, -0.15) is 5.11 Å². The van der Waals surface area contributed by atoms with Crippen molar-refractivity contribution in [3.8, 4) is 11.5 Å². The van der Waals surface area contributed by atoms with Crippen LogP contribution in [0.5, 0.6) is 11.5 Å². The molecule has 10 nitrogen and oxygen atoms in total. The molecule has 3 aliphatic heterocycles. The Morgan fingerprint density at radius 2 is 1.87 bits per heavy atom. The second-order valence-electron chi connectivity index (χ2n) is 6.80. The number of anilines is 2. The van der Waals surface area contributed by atoms with Gasteiger partial charge < -0.3 is 14.8 Å². The Bertz CT molecular complexity index is 1090. The molecule has 0 saturated carbocycles. The summed E-state index contributed by atoms with van der Waals surface area (Å²) >= 11 is 5.88. The molecule has 3 aliphatic rings. The first-order chi connectivity index (χ1) is 14.5. The molecule has 152 valence electrons. The number of carbonyl (C=O) groups is 3. The number of carbonyl (C=O) groups excluding carboxylic acids is 3. The number of hydrogen-bond acceptors (Lipinski definition) is 8. The van der Waals surface area contributed by atoms with Gasteiger partial charge >= 0.3 is 0 Å². The summed E-state index contributed by atoms with van der Waals surface area (Å²) in [6.45, 7) is -0.114. The second kappa shape index (κ2) is 6.99. The number of benzene rings is 2. The predicted molar refractivity (Wildman–Crippen MR) is 104 cm³/mol. The van der Waals surface area contributed by atoms with Crippen LogP contribution >= 0.6 is 11.6 Å². The summed E-state index contributed by atoms with van der Waals surface area (Å²) < 4.78 is 10.5. The number of hydrogen-bond donors (Lipinski definition) is 1. The molecular weight excluding hydrogens is 414 g/mol. The minimum Gasteiger partial charge on any atom is -0.454 e. The highest BCUT2D eigenvalue weighted by Gasteiger charge is 2.55. The maximum atomic E-state index is 12.9. The van der Waals surface area contributed by atoms with Gasteiger partial charge in [-0.25, -0.2) is 4.90 Å². The molecule has 1 fully saturated rings. The number of ether oxygens (including phenoxy) is 2. The lowest BCUT2D eigenvalue weighted by atomic mass is 10.1. The number of nitrogens with zero attached hydrogens (tertiary/aromatic N) is 4. The van der Waals surface area contributed by atoms with E-state index in [9.17, 15) is 14.4 Å². The van der Waals surface area contributed by atoms with Gasteiger partial charge in [0.05, 0.1) is 5.69 Å². The highest BCUT2D eigenvalue weighted by Crippen LogP contribution is 2.35. The van der Waals surface area contributed by atoms with Gasteiger partial charge in [0.25, 0.3) is 11.8 Å². The number of halogens is 1. The fourth-order valence-electron chi connectivity index (χ4n) is 3.52. The predicted octanol–water partition coefficient (Wildman–Crippen LogP) is 2.00. The van der Waals surface area contributed by atoms with E-state index in [2.05, 4.69) is 15.7 Å². The summed E-state index contributed by atoms with van der Waals surface area (Å²) in [5, 5.41) is 12.2. The van der Waals surface area contributed by atoms with E-state index < -0.39 is 29.8 Å². The molecule has 30 heavy (non-hydrogen) atoms. The zero-order valence-electron chi connectivity index (χ0n) is 15.3. The molecule has 0 radical (unpaired) electrons. The maximum absolute atomic E-state index is 12.9. The van der Waals surface area contributed by atoms with Crippen LogP contribution in [0.1, 0.15) is 0 Å². The lowest BCUT2D eigenvalue weighted by molar-refractivity contribution is -0.123. The van der Waals surface area contributed by atoms with Gasteiger partial charge in [0.15, 0.2) is 23.6 Å². The third-order valence-corrected chi connectivity index (χ3v) is 5.16. The van der Waals surface area contributed by atoms with E-state index >= 15 is 0 Å². The van der Waals surface area contributed by atoms with Gasteiger partial charge in [0.1, 0.15) is 6.54 Å². The number of amides is 3. The van der Waals surface area contributed by atoms with E-state index in [0.29, 0.717) is 27.9 Å². The minimum absolute atomic E-state index is 0.129. The van der Waals surface area contributed by atoms with E-state index in [4.69, 9.17) is 21.1 Å². The Kier molecular flexibility index (Phi) is 4.28. The Labute approximate surface area is 175 Å². The SMILES string of the molecule is O=C(CN1N=NC2C(=O)N(c3ccc(Cl)cc3)C(=O)C21)Nc1ccc2c(c1)OCO2. The fraction of sp³-hybridized carbons (Fsp3) is 0.211. The fourth-order valence-corrected chi connectivity index (χ4v) is 3.65. The zero-order valence-corrected chi connectivity index (χ0v) is 16.1. The van der Waals surface area contributed by atoms with Gasteiger partial charge in [0.2, 0.25) is 12.7 Å². The second-order valence-corrected chi connectivity index (χ2v) is 7.23. The summed E-state index contributed by atoms with van der Waals surface area (Å²) in [4.78, 5) is 39.1. The molecule has 0 aromatic heterocycles. The molecule has 0 aliphatic carbocycles. The van der Waals surface area contributed by atoms with Crippen molar-refractivity contribution in [3.05, 3.63) is 47.5 Å². The van der Waals surface area contributed by atoms with Crippen molar-refractivity contribution >= 4 is 40.7 Å². The molecule has 0 bridgehead atoms. The van der Waals surface area contributed by atoms with Crippen molar-refractivity contribution in [1.82, 2.24) is 5.01 Å². The standard InChI is InChI=1S/C19H14ClN5O5/c20-10-1-4-12(5-2-10)25-18(27)16-17(19(25)28)24(23-22-16)8-15(26)21-11-3-6-13-14(7-11)30-9-29-13/h1-7,16-17H,8-9H2,(H,21,26). The monoisotopic (exact) mass is 427 g/mol. The van der Waals surface area contributed by atoms with E-state index in [0.717, 1.165) is 4.90 Å². The average Bonchev–Trinajstić information content (AvgIpc) is 3.41. The highest BCUT2D eigenvalue weighted by atomic mass is 35.5. The summed E-state index contributed by atoms with van der Waals surface area (Å²) in [6.07, 6.45) is 0. The van der Waals surface area contributed by atoms with Crippen LogP contribution in [0, 0.1) is 0 Å². The average molecular weight is 428 g/mol. The summed E-state index contributed by atoms with van der Waals surface area (Å²) in [5.41, 5.74) is 0.900. The Balaban J connectivity index is 1.29. The molecule has 2 aromatic carbocycles. The van der Waals surface area contributed by atoms with E-state index in [1.807, 2.05) is 0 Å². The van der Waals surface area contributed by atoms with Crippen molar-refractivity contribution in [2.45, 2.75) is 12.1 Å². The van der Waals surface area contributed by atoms with Crippen LogP contribution in [0.25, 0.3) is 0 Å².